The summed E-state index contributed by atoms with van der Waals surface area (Å²) >= 11 is 17.3. The highest BCUT2D eigenvalue weighted by atomic mass is 35.5. The molecular weight excluding hydrogens is 510 g/mol. The molecule has 12 heteroatoms. The minimum atomic E-state index is -4.91. The number of rotatable bonds is 5. The number of halogens is 10. The second-order valence-electron chi connectivity index (χ2n) is 6.66. The first-order valence-electron chi connectivity index (χ1n) is 8.64. The quantitative estimate of drug-likeness (QED) is 0.314. The van der Waals surface area contributed by atoms with Crippen LogP contribution in [-0.4, -0.2) is 24.8 Å². The third-order valence-electron chi connectivity index (χ3n) is 4.23. The normalized spacial score (nSPS) is 13.8. The molecule has 2 nitrogen and oxygen atoms in total. The lowest BCUT2D eigenvalue weighted by Gasteiger charge is -2.19. The number of carbonyl (C=O) groups is 1. The van der Waals surface area contributed by atoms with Crippen molar-refractivity contribution in [3.63, 3.8) is 0 Å². The Morgan fingerprint density at radius 2 is 1.59 bits per heavy atom. The molecule has 0 spiro atoms. The molecule has 0 aromatic heterocycles. The van der Waals surface area contributed by atoms with E-state index in [1.165, 1.54) is 6.92 Å². The molecule has 174 valence electrons. The summed E-state index contributed by atoms with van der Waals surface area (Å²) in [6.07, 6.45) is -9.24. The minimum absolute atomic E-state index is 0.0619. The summed E-state index contributed by atoms with van der Waals surface area (Å²) in [6, 6.07) is 4.87. The molecule has 1 unspecified atom stereocenters. The van der Waals surface area contributed by atoms with Gasteiger partial charge in [-0.05, 0) is 48.4 Å². The molecule has 32 heavy (non-hydrogen) atoms. The summed E-state index contributed by atoms with van der Waals surface area (Å²) < 4.78 is 92.3. The predicted molar refractivity (Wildman–Crippen MR) is 109 cm³/mol. The van der Waals surface area contributed by atoms with Crippen LogP contribution >= 0.6 is 34.8 Å². The van der Waals surface area contributed by atoms with E-state index in [0.717, 1.165) is 30.3 Å². The molecule has 2 rings (SSSR count). The van der Waals surface area contributed by atoms with Gasteiger partial charge in [0.25, 0.3) is 5.91 Å². The van der Waals surface area contributed by atoms with Crippen LogP contribution in [0.5, 0.6) is 0 Å². The van der Waals surface area contributed by atoms with E-state index in [1.807, 2.05) is 0 Å². The van der Waals surface area contributed by atoms with Gasteiger partial charge in [0, 0.05) is 11.1 Å². The fourth-order valence-electron chi connectivity index (χ4n) is 2.72. The van der Waals surface area contributed by atoms with Crippen LogP contribution in [0.15, 0.2) is 36.4 Å². The number of carbonyl (C=O) groups excluding carboxylic acids is 1. The van der Waals surface area contributed by atoms with Crippen LogP contribution in [0.1, 0.15) is 33.0 Å². The van der Waals surface area contributed by atoms with Crippen LogP contribution in [0.4, 0.5) is 30.7 Å². The maximum absolute atomic E-state index is 14.7. The highest BCUT2D eigenvalue weighted by Crippen LogP contribution is 2.42. The maximum Gasteiger partial charge on any atom is 0.405 e. The monoisotopic (exact) mass is 521 g/mol. The van der Waals surface area contributed by atoms with Gasteiger partial charge in [-0.3, -0.25) is 4.79 Å². The van der Waals surface area contributed by atoms with Gasteiger partial charge in [-0.1, -0.05) is 40.9 Å². The van der Waals surface area contributed by atoms with Gasteiger partial charge in [0.05, 0.1) is 15.1 Å². The summed E-state index contributed by atoms with van der Waals surface area (Å²) in [5.74, 6) is -4.76. The van der Waals surface area contributed by atoms with Crippen molar-refractivity contribution in [2.24, 2.45) is 0 Å². The Morgan fingerprint density at radius 1 is 1.03 bits per heavy atom. The third-order valence-corrected chi connectivity index (χ3v) is 5.42. The van der Waals surface area contributed by atoms with E-state index in [4.69, 9.17) is 34.8 Å². The molecule has 1 atom stereocenters. The Bertz CT molecular complexity index is 1030. The van der Waals surface area contributed by atoms with Crippen LogP contribution in [0.2, 0.25) is 15.1 Å². The van der Waals surface area contributed by atoms with Gasteiger partial charge in [0.15, 0.2) is 0 Å². The fraction of sp³-hybridized carbons (Fsp3) is 0.250. The second-order valence-corrected chi connectivity index (χ2v) is 7.85. The average molecular weight is 523 g/mol. The number of aryl methyl sites for hydroxylation is 1. The summed E-state index contributed by atoms with van der Waals surface area (Å²) in [5.41, 5.74) is -0.886. The van der Waals surface area contributed by atoms with E-state index in [9.17, 15) is 35.5 Å². The fourth-order valence-corrected chi connectivity index (χ4v) is 3.33. The summed E-state index contributed by atoms with van der Waals surface area (Å²) in [6.45, 7) is -0.264. The molecule has 0 aliphatic rings. The highest BCUT2D eigenvalue weighted by molar-refractivity contribution is 6.48. The molecular formula is C20H13Cl3F7NO. The van der Waals surface area contributed by atoms with E-state index in [-0.39, 0.29) is 31.8 Å². The van der Waals surface area contributed by atoms with Crippen LogP contribution in [0.3, 0.4) is 0 Å². The molecule has 0 saturated heterocycles. The van der Waals surface area contributed by atoms with Crippen molar-refractivity contribution in [3.8, 4) is 0 Å². The lowest BCUT2D eigenvalue weighted by molar-refractivity contribution is -0.139. The van der Waals surface area contributed by atoms with Crippen LogP contribution in [0.25, 0.3) is 5.83 Å². The smallest absolute Gasteiger partial charge is 0.343 e. The molecule has 2 aromatic rings. The van der Waals surface area contributed by atoms with Gasteiger partial charge in [-0.2, -0.15) is 26.3 Å². The Kier molecular flexibility index (Phi) is 8.12. The molecule has 0 saturated carbocycles. The average Bonchev–Trinajstić information content (AvgIpc) is 2.66. The molecule has 2 aromatic carbocycles. The Labute approximate surface area is 192 Å². The van der Waals surface area contributed by atoms with Gasteiger partial charge < -0.3 is 5.32 Å². The van der Waals surface area contributed by atoms with E-state index < -0.39 is 42.1 Å². The van der Waals surface area contributed by atoms with Gasteiger partial charge in [0.2, 0.25) is 0 Å². The van der Waals surface area contributed by atoms with Gasteiger partial charge in [-0.15, -0.1) is 0 Å². The zero-order valence-electron chi connectivity index (χ0n) is 15.9. The lowest BCUT2D eigenvalue weighted by atomic mass is 9.95. The van der Waals surface area contributed by atoms with Crippen molar-refractivity contribution in [2.75, 3.05) is 6.54 Å². The predicted octanol–water partition coefficient (Wildman–Crippen LogP) is 7.90. The van der Waals surface area contributed by atoms with Crippen LogP contribution in [-0.2, 0) is 0 Å². The largest absolute Gasteiger partial charge is 0.405 e. The molecule has 0 radical (unpaired) electrons. The Hall–Kier alpha value is -1.97. The number of benzene rings is 2. The van der Waals surface area contributed by atoms with Crippen molar-refractivity contribution in [1.82, 2.24) is 5.32 Å². The van der Waals surface area contributed by atoms with E-state index in [1.54, 1.807) is 5.32 Å². The topological polar surface area (TPSA) is 29.1 Å². The van der Waals surface area contributed by atoms with Crippen LogP contribution in [0, 0.1) is 6.92 Å². The van der Waals surface area contributed by atoms with Crippen molar-refractivity contribution >= 4 is 46.5 Å². The van der Waals surface area contributed by atoms with Crippen LogP contribution < -0.4 is 5.32 Å². The molecule has 0 aliphatic heterocycles. The number of allylic oxidation sites excluding steroid dienone is 1. The number of alkyl halides is 6. The van der Waals surface area contributed by atoms with Gasteiger partial charge in [-0.25, -0.2) is 4.39 Å². The van der Waals surface area contributed by atoms with Crippen molar-refractivity contribution in [3.05, 3.63) is 73.7 Å². The van der Waals surface area contributed by atoms with E-state index in [2.05, 4.69) is 0 Å². The van der Waals surface area contributed by atoms with E-state index in [0.29, 0.717) is 6.08 Å². The lowest BCUT2D eigenvalue weighted by Crippen LogP contribution is -2.34. The van der Waals surface area contributed by atoms with E-state index >= 15 is 0 Å². The van der Waals surface area contributed by atoms with Crippen molar-refractivity contribution in [2.45, 2.75) is 25.2 Å². The number of hydrogen-bond donors (Lipinski definition) is 1. The molecule has 0 heterocycles. The summed E-state index contributed by atoms with van der Waals surface area (Å²) in [4.78, 5) is 11.9. The highest BCUT2D eigenvalue weighted by Gasteiger charge is 2.40. The number of nitrogens with one attached hydrogen (secondary N) is 1. The molecule has 1 amide bonds. The SMILES string of the molecule is Cc1cc(/C(F)=C/C(c2cc(Cl)c(Cl)c(Cl)c2)C(F)(F)F)ccc1C(=O)NCC(F)(F)F. The molecule has 0 aliphatic carbocycles. The van der Waals surface area contributed by atoms with Gasteiger partial charge in [0.1, 0.15) is 18.3 Å². The zero-order chi connectivity index (χ0) is 24.4. The standard InChI is InChI=1S/C20H13Cl3F7NO/c1-9-4-10(2-3-12(9)18(32)31-8-19(25,26)27)16(24)7-13(20(28,29)30)11-5-14(21)17(23)15(22)6-11/h2-7,13H,8H2,1H3,(H,31,32)/b16-7-. The summed E-state index contributed by atoms with van der Waals surface area (Å²) in [7, 11) is 0. The second kappa shape index (κ2) is 9.89. The first-order chi connectivity index (χ1) is 14.6. The zero-order valence-corrected chi connectivity index (χ0v) is 18.2. The molecule has 0 fully saturated rings. The van der Waals surface area contributed by atoms with Gasteiger partial charge >= 0.3 is 12.4 Å². The Balaban J connectivity index is 2.38. The number of amides is 1. The third kappa shape index (κ3) is 6.76. The maximum atomic E-state index is 14.7. The summed E-state index contributed by atoms with van der Waals surface area (Å²) in [5, 5.41) is 1.01. The first kappa shape index (κ1) is 26.3. The Morgan fingerprint density at radius 3 is 2.06 bits per heavy atom. The van der Waals surface area contributed by atoms with Crippen molar-refractivity contribution < 1.29 is 35.5 Å². The molecule has 0 bridgehead atoms. The first-order valence-corrected chi connectivity index (χ1v) is 9.78. The minimum Gasteiger partial charge on any atom is -0.343 e. The van der Waals surface area contributed by atoms with Crippen molar-refractivity contribution in [1.29, 1.82) is 0 Å². The number of hydrogen-bond acceptors (Lipinski definition) is 1. The molecule has 1 N–H and O–H groups in total.